The highest BCUT2D eigenvalue weighted by Crippen LogP contribution is 1.85. The molecule has 0 unspecified atom stereocenters. The summed E-state index contributed by atoms with van der Waals surface area (Å²) < 4.78 is 9.89. The molecule has 1 aliphatic rings. The minimum atomic E-state index is 0. The lowest BCUT2D eigenvalue weighted by Gasteiger charge is -2.09. The standard InChI is InChI=1S/C4H8O2.C2H6O.ClH/c1-2-6-4-3-5-1;1-2-3;/h1-4H2;3H,2H2,1H3;1H. The fraction of sp³-hybridized carbons (Fsp3) is 1.00. The molecule has 64 valence electrons. The molecule has 0 aromatic carbocycles. The molecule has 0 spiro atoms. The third-order valence-electron chi connectivity index (χ3n) is 0.744. The van der Waals surface area contributed by atoms with Gasteiger partial charge in [-0.25, -0.2) is 0 Å². The molecule has 0 saturated carbocycles. The molecule has 1 rings (SSSR count). The topological polar surface area (TPSA) is 38.7 Å². The first-order valence-corrected chi connectivity index (χ1v) is 3.18. The molecule has 1 N–H and O–H groups in total. The predicted molar refractivity (Wildman–Crippen MR) is 41.6 cm³/mol. The van der Waals surface area contributed by atoms with Crippen molar-refractivity contribution in [2.45, 2.75) is 6.92 Å². The fourth-order valence-electron chi connectivity index (χ4n) is 0.440. The minimum absolute atomic E-state index is 0. The van der Waals surface area contributed by atoms with E-state index < -0.39 is 0 Å². The number of rotatable bonds is 0. The molecule has 1 heterocycles. The van der Waals surface area contributed by atoms with Gasteiger partial charge in [-0.15, -0.1) is 12.4 Å². The second kappa shape index (κ2) is 11.9. The van der Waals surface area contributed by atoms with Crippen LogP contribution >= 0.6 is 12.4 Å². The molecule has 1 aliphatic heterocycles. The van der Waals surface area contributed by atoms with Crippen molar-refractivity contribution in [3.05, 3.63) is 0 Å². The van der Waals surface area contributed by atoms with E-state index in [4.69, 9.17) is 14.6 Å². The molecule has 0 aromatic rings. The van der Waals surface area contributed by atoms with Gasteiger partial charge < -0.3 is 14.6 Å². The lowest BCUT2D eigenvalue weighted by molar-refractivity contribution is -0.0334. The SMILES string of the molecule is C1COCCO1.CCO.Cl. The van der Waals surface area contributed by atoms with Gasteiger partial charge in [0.25, 0.3) is 0 Å². The number of hydrogen-bond donors (Lipinski definition) is 1. The van der Waals surface area contributed by atoms with E-state index in [1.54, 1.807) is 6.92 Å². The predicted octanol–water partition coefficient (Wildman–Crippen LogP) is 0.454. The Morgan fingerprint density at radius 2 is 1.30 bits per heavy atom. The minimum Gasteiger partial charge on any atom is -0.397 e. The maximum Gasteiger partial charge on any atom is 0.0701 e. The van der Waals surface area contributed by atoms with Crippen molar-refractivity contribution >= 4 is 12.4 Å². The Balaban J connectivity index is 0. The molecule has 10 heavy (non-hydrogen) atoms. The zero-order valence-corrected chi connectivity index (χ0v) is 7.02. The Kier molecular flexibility index (Phi) is 15.3. The number of halogens is 1. The summed E-state index contributed by atoms with van der Waals surface area (Å²) in [5.74, 6) is 0. The van der Waals surface area contributed by atoms with Crippen LogP contribution in [0.3, 0.4) is 0 Å². The second-order valence-corrected chi connectivity index (χ2v) is 1.54. The van der Waals surface area contributed by atoms with Crippen molar-refractivity contribution in [3.8, 4) is 0 Å². The maximum atomic E-state index is 7.57. The van der Waals surface area contributed by atoms with Gasteiger partial charge in [-0.05, 0) is 6.92 Å². The van der Waals surface area contributed by atoms with E-state index in [0.29, 0.717) is 0 Å². The first kappa shape index (κ1) is 12.8. The summed E-state index contributed by atoms with van der Waals surface area (Å²) >= 11 is 0. The van der Waals surface area contributed by atoms with Gasteiger partial charge in [0.05, 0.1) is 26.4 Å². The van der Waals surface area contributed by atoms with Gasteiger partial charge in [-0.2, -0.15) is 0 Å². The third kappa shape index (κ3) is 11.0. The quantitative estimate of drug-likeness (QED) is 0.574. The molecule has 1 saturated heterocycles. The van der Waals surface area contributed by atoms with Crippen LogP contribution in [0.25, 0.3) is 0 Å². The van der Waals surface area contributed by atoms with E-state index in [0.717, 1.165) is 26.4 Å². The third-order valence-corrected chi connectivity index (χ3v) is 0.744. The van der Waals surface area contributed by atoms with Crippen molar-refractivity contribution in [1.82, 2.24) is 0 Å². The van der Waals surface area contributed by atoms with E-state index in [2.05, 4.69) is 0 Å². The van der Waals surface area contributed by atoms with Crippen LogP contribution in [-0.4, -0.2) is 38.1 Å². The molecule has 0 bridgehead atoms. The molecule has 0 aliphatic carbocycles. The zero-order chi connectivity index (χ0) is 6.95. The van der Waals surface area contributed by atoms with Crippen LogP contribution in [-0.2, 0) is 9.47 Å². The van der Waals surface area contributed by atoms with Crippen LogP contribution in [0, 0.1) is 0 Å². The van der Waals surface area contributed by atoms with E-state index in [1.165, 1.54) is 0 Å². The number of aliphatic hydroxyl groups is 1. The van der Waals surface area contributed by atoms with Crippen LogP contribution < -0.4 is 0 Å². The maximum absolute atomic E-state index is 7.57. The number of hydrogen-bond acceptors (Lipinski definition) is 3. The van der Waals surface area contributed by atoms with Gasteiger partial charge in [0.15, 0.2) is 0 Å². The summed E-state index contributed by atoms with van der Waals surface area (Å²) in [7, 11) is 0. The van der Waals surface area contributed by atoms with E-state index >= 15 is 0 Å². The number of ether oxygens (including phenoxy) is 2. The highest BCUT2D eigenvalue weighted by atomic mass is 35.5. The van der Waals surface area contributed by atoms with E-state index in [9.17, 15) is 0 Å². The van der Waals surface area contributed by atoms with Gasteiger partial charge in [0.1, 0.15) is 0 Å². The van der Waals surface area contributed by atoms with Crippen molar-refractivity contribution < 1.29 is 14.6 Å². The largest absolute Gasteiger partial charge is 0.397 e. The second-order valence-electron chi connectivity index (χ2n) is 1.54. The average molecular weight is 171 g/mol. The van der Waals surface area contributed by atoms with Gasteiger partial charge >= 0.3 is 0 Å². The van der Waals surface area contributed by atoms with Crippen LogP contribution in [0.2, 0.25) is 0 Å². The zero-order valence-electron chi connectivity index (χ0n) is 6.21. The van der Waals surface area contributed by atoms with Gasteiger partial charge in [0.2, 0.25) is 0 Å². The lowest BCUT2D eigenvalue weighted by Crippen LogP contribution is -2.16. The van der Waals surface area contributed by atoms with Crippen LogP contribution in [0.5, 0.6) is 0 Å². The van der Waals surface area contributed by atoms with Crippen molar-refractivity contribution in [3.63, 3.8) is 0 Å². The molecule has 0 aromatic heterocycles. The van der Waals surface area contributed by atoms with Gasteiger partial charge in [0, 0.05) is 6.61 Å². The Morgan fingerprint density at radius 3 is 1.40 bits per heavy atom. The smallest absolute Gasteiger partial charge is 0.0701 e. The summed E-state index contributed by atoms with van der Waals surface area (Å²) in [5.41, 5.74) is 0. The Hall–Kier alpha value is 0.170. The van der Waals surface area contributed by atoms with Crippen molar-refractivity contribution in [2.75, 3.05) is 33.0 Å². The normalized spacial score (nSPS) is 16.2. The average Bonchev–Trinajstić information content (AvgIpc) is 1.93. The van der Waals surface area contributed by atoms with E-state index in [1.807, 2.05) is 0 Å². The molecule has 1 fully saturated rings. The summed E-state index contributed by atoms with van der Waals surface area (Å²) in [6.07, 6.45) is 0. The van der Waals surface area contributed by atoms with Gasteiger partial charge in [-0.3, -0.25) is 0 Å². The Labute approximate surface area is 67.7 Å². The highest BCUT2D eigenvalue weighted by molar-refractivity contribution is 5.85. The Bertz CT molecular complexity index is 36.7. The summed E-state index contributed by atoms with van der Waals surface area (Å²) in [6.45, 7) is 5.04. The van der Waals surface area contributed by atoms with E-state index in [-0.39, 0.29) is 19.0 Å². The summed E-state index contributed by atoms with van der Waals surface area (Å²) in [5, 5.41) is 7.57. The monoisotopic (exact) mass is 170 g/mol. The molecule has 0 atom stereocenters. The molecule has 0 radical (unpaired) electrons. The first-order chi connectivity index (χ1) is 4.41. The van der Waals surface area contributed by atoms with Crippen LogP contribution in [0.4, 0.5) is 0 Å². The first-order valence-electron chi connectivity index (χ1n) is 3.18. The molecule has 4 heteroatoms. The van der Waals surface area contributed by atoms with Gasteiger partial charge in [-0.1, -0.05) is 0 Å². The molecule has 0 amide bonds. The summed E-state index contributed by atoms with van der Waals surface area (Å²) in [6, 6.07) is 0. The summed E-state index contributed by atoms with van der Waals surface area (Å²) in [4.78, 5) is 0. The fourth-order valence-corrected chi connectivity index (χ4v) is 0.440. The lowest BCUT2D eigenvalue weighted by atomic mass is 10.6. The van der Waals surface area contributed by atoms with Crippen LogP contribution in [0.15, 0.2) is 0 Å². The van der Waals surface area contributed by atoms with Crippen molar-refractivity contribution in [1.29, 1.82) is 0 Å². The molecular formula is C6H15ClO3. The molecular weight excluding hydrogens is 156 g/mol. The molecule has 3 nitrogen and oxygen atoms in total. The van der Waals surface area contributed by atoms with Crippen molar-refractivity contribution in [2.24, 2.45) is 0 Å². The van der Waals surface area contributed by atoms with Crippen LogP contribution in [0.1, 0.15) is 6.92 Å². The highest BCUT2D eigenvalue weighted by Gasteiger charge is 1.94. The Morgan fingerprint density at radius 1 is 1.10 bits per heavy atom. The number of aliphatic hydroxyl groups excluding tert-OH is 1.